The first-order valence-corrected chi connectivity index (χ1v) is 6.58. The molecular formula is C13H23N. The minimum atomic E-state index is 0.957. The second kappa shape index (κ2) is 3.52. The van der Waals surface area contributed by atoms with E-state index in [0.29, 0.717) is 0 Å². The summed E-state index contributed by atoms with van der Waals surface area (Å²) in [5, 5.41) is 0. The van der Waals surface area contributed by atoms with E-state index in [0.717, 1.165) is 23.8 Å². The van der Waals surface area contributed by atoms with Crippen LogP contribution in [0.15, 0.2) is 0 Å². The summed E-state index contributed by atoms with van der Waals surface area (Å²) < 4.78 is 0. The van der Waals surface area contributed by atoms with E-state index in [2.05, 4.69) is 11.8 Å². The van der Waals surface area contributed by atoms with Crippen molar-refractivity contribution in [1.82, 2.24) is 4.90 Å². The first-order valence-electron chi connectivity index (χ1n) is 6.58. The van der Waals surface area contributed by atoms with Gasteiger partial charge in [-0.15, -0.1) is 0 Å². The molecule has 0 aromatic rings. The van der Waals surface area contributed by atoms with Crippen LogP contribution in [-0.2, 0) is 0 Å². The molecule has 3 rings (SSSR count). The van der Waals surface area contributed by atoms with E-state index >= 15 is 0 Å². The van der Waals surface area contributed by atoms with Crippen molar-refractivity contribution < 1.29 is 0 Å². The summed E-state index contributed by atoms with van der Waals surface area (Å²) in [4.78, 5) is 2.79. The van der Waals surface area contributed by atoms with Gasteiger partial charge in [-0.3, -0.25) is 0 Å². The lowest BCUT2D eigenvalue weighted by atomic mass is 9.61. The minimum Gasteiger partial charge on any atom is -0.300 e. The smallest absolute Gasteiger partial charge is 0.0124 e. The average Bonchev–Trinajstić information content (AvgIpc) is 2.64. The second-order valence-electron chi connectivity index (χ2n) is 5.86. The lowest BCUT2D eigenvalue weighted by Gasteiger charge is -2.49. The Hall–Kier alpha value is -0.0400. The van der Waals surface area contributed by atoms with Crippen molar-refractivity contribution in [1.29, 1.82) is 0 Å². The third-order valence-corrected chi connectivity index (χ3v) is 5.06. The van der Waals surface area contributed by atoms with Gasteiger partial charge in [-0.2, -0.15) is 0 Å². The van der Waals surface area contributed by atoms with Crippen LogP contribution in [0, 0.1) is 17.8 Å². The topological polar surface area (TPSA) is 3.24 Å². The van der Waals surface area contributed by atoms with Crippen molar-refractivity contribution in [3.63, 3.8) is 0 Å². The molecule has 14 heavy (non-hydrogen) atoms. The highest BCUT2D eigenvalue weighted by Gasteiger charge is 2.42. The van der Waals surface area contributed by atoms with Crippen LogP contribution in [0.4, 0.5) is 0 Å². The largest absolute Gasteiger partial charge is 0.300 e. The Morgan fingerprint density at radius 3 is 2.21 bits per heavy atom. The van der Waals surface area contributed by atoms with Crippen LogP contribution in [0.3, 0.4) is 0 Å². The summed E-state index contributed by atoms with van der Waals surface area (Å²) in [5.41, 5.74) is 0. The molecule has 1 saturated heterocycles. The molecule has 1 aliphatic heterocycles. The molecule has 0 radical (unpaired) electrons. The Kier molecular flexibility index (Phi) is 2.31. The molecule has 0 spiro atoms. The molecule has 2 saturated carbocycles. The first kappa shape index (κ1) is 9.21. The van der Waals surface area contributed by atoms with E-state index < -0.39 is 0 Å². The zero-order valence-electron chi connectivity index (χ0n) is 9.41. The molecule has 3 fully saturated rings. The third-order valence-electron chi connectivity index (χ3n) is 5.06. The summed E-state index contributed by atoms with van der Waals surface area (Å²) in [6.45, 7) is 5.29. The minimum absolute atomic E-state index is 0.957. The molecule has 80 valence electrons. The van der Waals surface area contributed by atoms with Gasteiger partial charge < -0.3 is 4.90 Å². The van der Waals surface area contributed by atoms with Crippen LogP contribution in [-0.4, -0.2) is 24.0 Å². The maximum absolute atomic E-state index is 2.79. The summed E-state index contributed by atoms with van der Waals surface area (Å²) >= 11 is 0. The van der Waals surface area contributed by atoms with Crippen molar-refractivity contribution in [2.45, 2.75) is 51.5 Å². The summed E-state index contributed by atoms with van der Waals surface area (Å²) in [6, 6.07) is 0.957. The molecule has 4 atom stereocenters. The van der Waals surface area contributed by atoms with Crippen molar-refractivity contribution in [3.05, 3.63) is 0 Å². The number of rotatable bonds is 1. The summed E-state index contributed by atoms with van der Waals surface area (Å²) in [7, 11) is 0. The molecule has 0 bridgehead atoms. The van der Waals surface area contributed by atoms with Crippen molar-refractivity contribution in [2.24, 2.45) is 17.8 Å². The third kappa shape index (κ3) is 1.41. The fourth-order valence-corrected chi connectivity index (χ4v) is 4.02. The zero-order valence-corrected chi connectivity index (χ0v) is 9.41. The van der Waals surface area contributed by atoms with Gasteiger partial charge in [0.05, 0.1) is 0 Å². The van der Waals surface area contributed by atoms with E-state index in [1.54, 1.807) is 12.8 Å². The van der Waals surface area contributed by atoms with Gasteiger partial charge >= 0.3 is 0 Å². The molecule has 0 aromatic carbocycles. The summed E-state index contributed by atoms with van der Waals surface area (Å²) in [6.07, 6.45) is 9.07. The Bertz CT molecular complexity index is 207. The van der Waals surface area contributed by atoms with E-state index in [4.69, 9.17) is 0 Å². The van der Waals surface area contributed by atoms with Gasteiger partial charge in [0.1, 0.15) is 0 Å². The van der Waals surface area contributed by atoms with Crippen LogP contribution < -0.4 is 0 Å². The highest BCUT2D eigenvalue weighted by atomic mass is 15.2. The van der Waals surface area contributed by atoms with E-state index in [1.165, 1.54) is 38.8 Å². The number of hydrogen-bond acceptors (Lipinski definition) is 1. The molecule has 1 nitrogen and oxygen atoms in total. The molecule has 0 aromatic heterocycles. The van der Waals surface area contributed by atoms with Gasteiger partial charge in [-0.05, 0) is 69.4 Å². The van der Waals surface area contributed by atoms with Crippen molar-refractivity contribution in [2.75, 3.05) is 13.1 Å². The highest BCUT2D eigenvalue weighted by Crippen LogP contribution is 2.48. The Balaban J connectivity index is 1.66. The lowest BCUT2D eigenvalue weighted by Crippen LogP contribution is -2.47. The van der Waals surface area contributed by atoms with E-state index in [1.807, 2.05) is 0 Å². The number of hydrogen-bond donors (Lipinski definition) is 0. The normalized spacial score (nSPS) is 48.6. The standard InChI is InChI=1S/C13H23N/c1-10-8-11-4-5-12(11)9-13(10)14-6-2-3-7-14/h10-13H,2-9H2,1H3. The Labute approximate surface area is 87.9 Å². The first-order chi connectivity index (χ1) is 6.84. The Morgan fingerprint density at radius 2 is 1.57 bits per heavy atom. The van der Waals surface area contributed by atoms with E-state index in [-0.39, 0.29) is 0 Å². The highest BCUT2D eigenvalue weighted by molar-refractivity contribution is 4.94. The van der Waals surface area contributed by atoms with Crippen molar-refractivity contribution in [3.8, 4) is 0 Å². The maximum Gasteiger partial charge on any atom is 0.0124 e. The molecule has 1 heterocycles. The molecule has 3 aliphatic rings. The SMILES string of the molecule is CC1CC2CCC2CC1N1CCCC1. The number of likely N-dealkylation sites (tertiary alicyclic amines) is 1. The van der Waals surface area contributed by atoms with Gasteiger partial charge in [0.15, 0.2) is 0 Å². The summed E-state index contributed by atoms with van der Waals surface area (Å²) in [5.74, 6) is 3.23. The molecule has 2 aliphatic carbocycles. The predicted molar refractivity (Wildman–Crippen MR) is 59.2 cm³/mol. The van der Waals surface area contributed by atoms with E-state index in [9.17, 15) is 0 Å². The van der Waals surface area contributed by atoms with Crippen LogP contribution in [0.25, 0.3) is 0 Å². The predicted octanol–water partition coefficient (Wildman–Crippen LogP) is 2.91. The number of nitrogens with zero attached hydrogens (tertiary/aromatic N) is 1. The number of fused-ring (bicyclic) bond motifs is 1. The quantitative estimate of drug-likeness (QED) is 0.619. The van der Waals surface area contributed by atoms with Crippen molar-refractivity contribution >= 4 is 0 Å². The van der Waals surface area contributed by atoms with Gasteiger partial charge in [-0.25, -0.2) is 0 Å². The second-order valence-corrected chi connectivity index (χ2v) is 5.86. The molecule has 1 heteroatoms. The van der Waals surface area contributed by atoms with Gasteiger partial charge in [-0.1, -0.05) is 6.92 Å². The fourth-order valence-electron chi connectivity index (χ4n) is 4.02. The lowest BCUT2D eigenvalue weighted by molar-refractivity contribution is 0.0142. The molecule has 0 N–H and O–H groups in total. The van der Waals surface area contributed by atoms with Crippen LogP contribution in [0.5, 0.6) is 0 Å². The van der Waals surface area contributed by atoms with Gasteiger partial charge in [0, 0.05) is 6.04 Å². The Morgan fingerprint density at radius 1 is 0.929 bits per heavy atom. The average molecular weight is 193 g/mol. The molecular weight excluding hydrogens is 170 g/mol. The molecule has 4 unspecified atom stereocenters. The molecule has 0 amide bonds. The van der Waals surface area contributed by atoms with Crippen LogP contribution >= 0.6 is 0 Å². The maximum atomic E-state index is 2.79. The van der Waals surface area contributed by atoms with Crippen LogP contribution in [0.2, 0.25) is 0 Å². The van der Waals surface area contributed by atoms with Crippen LogP contribution in [0.1, 0.15) is 45.4 Å². The van der Waals surface area contributed by atoms with Gasteiger partial charge in [0.2, 0.25) is 0 Å². The van der Waals surface area contributed by atoms with Gasteiger partial charge in [0.25, 0.3) is 0 Å². The zero-order chi connectivity index (χ0) is 9.54. The fraction of sp³-hybridized carbons (Fsp3) is 1.00. The monoisotopic (exact) mass is 193 g/mol.